The topological polar surface area (TPSA) is 96.3 Å². The summed E-state index contributed by atoms with van der Waals surface area (Å²) in [5.74, 6) is 1.91. The summed E-state index contributed by atoms with van der Waals surface area (Å²) in [5.41, 5.74) is 7.76. The Balaban J connectivity index is 1.99. The number of benzene rings is 3. The smallest absolute Gasteiger partial charge is 0.250 e. The Labute approximate surface area is 191 Å². The molecule has 1 heterocycles. The Hall–Kier alpha value is -4.26. The van der Waals surface area contributed by atoms with Crippen molar-refractivity contribution in [1.82, 2.24) is 0 Å². The Morgan fingerprint density at radius 1 is 0.970 bits per heavy atom. The minimum absolute atomic E-state index is 0.333. The van der Waals surface area contributed by atoms with Gasteiger partial charge >= 0.3 is 0 Å². The maximum atomic E-state index is 11.9. The van der Waals surface area contributed by atoms with E-state index < -0.39 is 5.91 Å². The van der Waals surface area contributed by atoms with E-state index in [1.165, 1.54) is 0 Å². The van der Waals surface area contributed by atoms with Gasteiger partial charge in [-0.1, -0.05) is 12.1 Å². The number of hydrogen-bond acceptors (Lipinski definition) is 6. The number of methoxy groups -OCH3 is 2. The zero-order valence-electron chi connectivity index (χ0n) is 18.6. The highest BCUT2D eigenvalue weighted by atomic mass is 16.5. The van der Waals surface area contributed by atoms with Crippen molar-refractivity contribution in [3.8, 4) is 28.6 Å². The third kappa shape index (κ3) is 4.52. The lowest BCUT2D eigenvalue weighted by Crippen LogP contribution is -2.12. The number of amides is 1. The van der Waals surface area contributed by atoms with Crippen LogP contribution in [0.1, 0.15) is 17.3 Å². The van der Waals surface area contributed by atoms with E-state index in [9.17, 15) is 4.79 Å². The van der Waals surface area contributed by atoms with Gasteiger partial charge in [0, 0.05) is 17.0 Å². The minimum Gasteiger partial charge on any atom is -0.494 e. The van der Waals surface area contributed by atoms with Crippen molar-refractivity contribution in [3.05, 3.63) is 77.7 Å². The van der Waals surface area contributed by atoms with Crippen LogP contribution < -0.4 is 25.3 Å². The maximum Gasteiger partial charge on any atom is 0.250 e. The van der Waals surface area contributed by atoms with Crippen molar-refractivity contribution in [2.45, 2.75) is 6.92 Å². The molecule has 4 aromatic rings. The van der Waals surface area contributed by atoms with Crippen LogP contribution >= 0.6 is 0 Å². The molecular formula is C26H24N2O5. The summed E-state index contributed by atoms with van der Waals surface area (Å²) in [4.78, 5) is 16.7. The number of rotatable bonds is 7. The summed E-state index contributed by atoms with van der Waals surface area (Å²) in [5, 5.41) is 1.35. The number of carbonyl (C=O) groups is 1. The van der Waals surface area contributed by atoms with Crippen molar-refractivity contribution in [3.63, 3.8) is 0 Å². The number of ether oxygens (including phenoxy) is 3. The fourth-order valence-corrected chi connectivity index (χ4v) is 3.54. The normalized spacial score (nSPS) is 11.4. The molecule has 1 amide bonds. The first-order chi connectivity index (χ1) is 16.0. The minimum atomic E-state index is -0.547. The summed E-state index contributed by atoms with van der Waals surface area (Å²) in [6, 6.07) is 19.8. The van der Waals surface area contributed by atoms with Crippen LogP contribution in [0.3, 0.4) is 0 Å². The molecule has 0 saturated carbocycles. The molecule has 3 aromatic carbocycles. The van der Waals surface area contributed by atoms with Crippen LogP contribution in [0.5, 0.6) is 17.2 Å². The van der Waals surface area contributed by atoms with Gasteiger partial charge in [0.15, 0.2) is 11.5 Å². The number of nitrogens with zero attached hydrogens (tertiary/aromatic N) is 1. The zero-order chi connectivity index (χ0) is 23.4. The van der Waals surface area contributed by atoms with Gasteiger partial charge in [-0.2, -0.15) is 0 Å². The molecule has 2 N–H and O–H groups in total. The molecule has 168 valence electrons. The summed E-state index contributed by atoms with van der Waals surface area (Å²) in [6.45, 7) is 2.45. The Morgan fingerprint density at radius 3 is 2.48 bits per heavy atom. The second kappa shape index (κ2) is 9.48. The Morgan fingerprint density at radius 2 is 1.76 bits per heavy atom. The molecule has 0 atom stereocenters. The molecule has 4 rings (SSSR count). The van der Waals surface area contributed by atoms with Gasteiger partial charge in [0.2, 0.25) is 0 Å². The predicted molar refractivity (Wildman–Crippen MR) is 126 cm³/mol. The molecule has 0 aliphatic heterocycles. The van der Waals surface area contributed by atoms with E-state index in [2.05, 4.69) is 0 Å². The standard InChI is InChI=1S/C26H24N2O5/c1-4-32-17-10-12-22-19(14-17)21(28-20-8-6-5-7-18(20)26(27)29)15-24(33-22)16-9-11-23(30-2)25(13-16)31-3/h5-15H,4H2,1-3H3,(H2,27,29). The number of carbonyl (C=O) groups excluding carboxylic acids is 1. The number of nitrogens with two attached hydrogens (primary N) is 1. The molecule has 0 bridgehead atoms. The maximum absolute atomic E-state index is 11.9. The van der Waals surface area contributed by atoms with Gasteiger partial charge in [-0.3, -0.25) is 4.79 Å². The number of fused-ring (bicyclic) bond motifs is 1. The van der Waals surface area contributed by atoms with Crippen LogP contribution in [0, 0.1) is 0 Å². The first kappa shape index (κ1) is 22.0. The highest BCUT2D eigenvalue weighted by molar-refractivity contribution is 5.97. The summed E-state index contributed by atoms with van der Waals surface area (Å²) in [6.07, 6.45) is 0. The molecule has 1 aromatic heterocycles. The first-order valence-corrected chi connectivity index (χ1v) is 10.4. The lowest BCUT2D eigenvalue weighted by Gasteiger charge is -2.11. The first-order valence-electron chi connectivity index (χ1n) is 10.4. The molecule has 0 fully saturated rings. The average Bonchev–Trinajstić information content (AvgIpc) is 2.84. The quantitative estimate of drug-likeness (QED) is 0.440. The second-order valence-corrected chi connectivity index (χ2v) is 7.15. The predicted octanol–water partition coefficient (Wildman–Crippen LogP) is 4.85. The van der Waals surface area contributed by atoms with Crippen LogP contribution in [0.4, 0.5) is 5.69 Å². The molecule has 0 saturated heterocycles. The van der Waals surface area contributed by atoms with Crippen LogP contribution in [0.25, 0.3) is 22.3 Å². The van der Waals surface area contributed by atoms with Crippen molar-refractivity contribution >= 4 is 22.6 Å². The average molecular weight is 444 g/mol. The fourth-order valence-electron chi connectivity index (χ4n) is 3.54. The Bertz CT molecular complexity index is 1390. The molecule has 33 heavy (non-hydrogen) atoms. The summed E-state index contributed by atoms with van der Waals surface area (Å²) in [7, 11) is 3.16. The van der Waals surface area contributed by atoms with Gasteiger partial charge in [0.25, 0.3) is 5.91 Å². The monoisotopic (exact) mass is 444 g/mol. The molecule has 0 aliphatic rings. The van der Waals surface area contributed by atoms with Crippen LogP contribution in [0.2, 0.25) is 0 Å². The molecule has 7 nitrogen and oxygen atoms in total. The van der Waals surface area contributed by atoms with Crippen molar-refractivity contribution in [2.75, 3.05) is 20.8 Å². The second-order valence-electron chi connectivity index (χ2n) is 7.15. The third-order valence-corrected chi connectivity index (χ3v) is 5.10. The van der Waals surface area contributed by atoms with Crippen LogP contribution in [-0.2, 0) is 0 Å². The zero-order valence-corrected chi connectivity index (χ0v) is 18.6. The van der Waals surface area contributed by atoms with E-state index >= 15 is 0 Å². The fraction of sp³-hybridized carbons (Fsp3) is 0.154. The lowest BCUT2D eigenvalue weighted by molar-refractivity contribution is 0.100. The van der Waals surface area contributed by atoms with Crippen molar-refractivity contribution in [2.24, 2.45) is 10.7 Å². The molecule has 0 unspecified atom stereocenters. The van der Waals surface area contributed by atoms with E-state index in [4.69, 9.17) is 29.4 Å². The van der Waals surface area contributed by atoms with Gasteiger partial charge in [-0.05, 0) is 55.5 Å². The van der Waals surface area contributed by atoms with E-state index in [0.717, 1.165) is 10.9 Å². The molecule has 7 heteroatoms. The highest BCUT2D eigenvalue weighted by Crippen LogP contribution is 2.33. The third-order valence-electron chi connectivity index (χ3n) is 5.10. The van der Waals surface area contributed by atoms with E-state index in [1.54, 1.807) is 32.4 Å². The number of para-hydroxylation sites is 1. The van der Waals surface area contributed by atoms with E-state index in [0.29, 0.717) is 51.8 Å². The number of hydrogen-bond donors (Lipinski definition) is 1. The molecule has 0 radical (unpaired) electrons. The van der Waals surface area contributed by atoms with Crippen molar-refractivity contribution < 1.29 is 23.4 Å². The van der Waals surface area contributed by atoms with E-state index in [-0.39, 0.29) is 0 Å². The van der Waals surface area contributed by atoms with Gasteiger partial charge in [-0.25, -0.2) is 4.99 Å². The van der Waals surface area contributed by atoms with Gasteiger partial charge in [0.05, 0.1) is 37.4 Å². The summed E-state index contributed by atoms with van der Waals surface area (Å²) >= 11 is 0. The Kier molecular flexibility index (Phi) is 6.31. The molecule has 0 aliphatic carbocycles. The van der Waals surface area contributed by atoms with E-state index in [1.807, 2.05) is 55.5 Å². The lowest BCUT2D eigenvalue weighted by atomic mass is 10.1. The largest absolute Gasteiger partial charge is 0.494 e. The molecular weight excluding hydrogens is 420 g/mol. The molecule has 0 spiro atoms. The van der Waals surface area contributed by atoms with Crippen molar-refractivity contribution in [1.29, 1.82) is 0 Å². The van der Waals surface area contributed by atoms with Crippen LogP contribution in [0.15, 0.2) is 76.1 Å². The van der Waals surface area contributed by atoms with Gasteiger partial charge in [-0.15, -0.1) is 0 Å². The SMILES string of the molecule is CCOc1ccc2oc(-c3ccc(OC)c(OC)c3)cc(=Nc3ccccc3C(N)=O)c2c1. The summed E-state index contributed by atoms with van der Waals surface area (Å²) < 4.78 is 22.6. The number of primary amides is 1. The van der Waals surface area contributed by atoms with Gasteiger partial charge < -0.3 is 24.4 Å². The van der Waals surface area contributed by atoms with Crippen LogP contribution in [-0.4, -0.2) is 26.7 Å². The highest BCUT2D eigenvalue weighted by Gasteiger charge is 2.12. The van der Waals surface area contributed by atoms with Gasteiger partial charge in [0.1, 0.15) is 17.1 Å².